The number of para-hydroxylation sites is 1. The van der Waals surface area contributed by atoms with Crippen molar-refractivity contribution in [2.45, 2.75) is 26.4 Å². The van der Waals surface area contributed by atoms with Gasteiger partial charge in [0.2, 0.25) is 0 Å². The van der Waals surface area contributed by atoms with Crippen molar-refractivity contribution in [3.05, 3.63) is 70.1 Å². The average molecular weight is 382 g/mol. The second kappa shape index (κ2) is 9.08. The molecule has 1 heterocycles. The third kappa shape index (κ3) is 4.71. The molecule has 0 radical (unpaired) electrons. The van der Waals surface area contributed by atoms with Crippen LogP contribution in [0, 0.1) is 0 Å². The fourth-order valence-corrected chi connectivity index (χ4v) is 2.93. The number of esters is 1. The smallest absolute Gasteiger partial charge is 0.336 e. The van der Waals surface area contributed by atoms with Crippen LogP contribution >= 0.6 is 0 Å². The molecule has 3 aromatic rings. The summed E-state index contributed by atoms with van der Waals surface area (Å²) in [5.74, 6) is 1.01. The lowest BCUT2D eigenvalue weighted by atomic mass is 10.1. The van der Waals surface area contributed by atoms with Gasteiger partial charge in [-0.15, -0.1) is 0 Å². The number of benzene rings is 2. The number of carbonyl (C=O) groups excluding carboxylic acids is 1. The van der Waals surface area contributed by atoms with Crippen LogP contribution in [0.5, 0.6) is 11.5 Å². The molecule has 0 saturated carbocycles. The van der Waals surface area contributed by atoms with Gasteiger partial charge in [-0.05, 0) is 37.1 Å². The van der Waals surface area contributed by atoms with Crippen LogP contribution in [0.3, 0.4) is 0 Å². The summed E-state index contributed by atoms with van der Waals surface area (Å²) < 4.78 is 21.3. The minimum absolute atomic E-state index is 0.000366. The van der Waals surface area contributed by atoms with Crippen molar-refractivity contribution in [2.75, 3.05) is 13.7 Å². The molecule has 0 saturated heterocycles. The SMILES string of the molecule is CCOc1ccccc1CCC(=O)OCc1cc(=O)oc2cc(OC)ccc12. The molecule has 0 atom stereocenters. The van der Waals surface area contributed by atoms with Crippen LogP contribution in [0.25, 0.3) is 11.0 Å². The van der Waals surface area contributed by atoms with E-state index >= 15 is 0 Å². The molecule has 3 rings (SSSR count). The van der Waals surface area contributed by atoms with Crippen LogP contribution < -0.4 is 15.1 Å². The highest BCUT2D eigenvalue weighted by Crippen LogP contribution is 2.23. The Labute approximate surface area is 162 Å². The summed E-state index contributed by atoms with van der Waals surface area (Å²) in [6.45, 7) is 2.48. The van der Waals surface area contributed by atoms with Crippen molar-refractivity contribution in [3.8, 4) is 11.5 Å². The van der Waals surface area contributed by atoms with E-state index in [1.165, 1.54) is 13.2 Å². The van der Waals surface area contributed by atoms with Crippen molar-refractivity contribution in [1.82, 2.24) is 0 Å². The second-order valence-corrected chi connectivity index (χ2v) is 6.15. The van der Waals surface area contributed by atoms with Crippen LogP contribution in [0.1, 0.15) is 24.5 Å². The number of hydrogen-bond acceptors (Lipinski definition) is 6. The lowest BCUT2D eigenvalue weighted by molar-refractivity contribution is -0.144. The summed E-state index contributed by atoms with van der Waals surface area (Å²) in [5.41, 5.74) is 1.44. The summed E-state index contributed by atoms with van der Waals surface area (Å²) in [6, 6.07) is 14.1. The van der Waals surface area contributed by atoms with Gasteiger partial charge in [0.05, 0.1) is 13.7 Å². The Morgan fingerprint density at radius 3 is 2.68 bits per heavy atom. The summed E-state index contributed by atoms with van der Waals surface area (Å²) in [6.07, 6.45) is 0.737. The third-order valence-corrected chi connectivity index (χ3v) is 4.30. The molecular weight excluding hydrogens is 360 g/mol. The Hall–Kier alpha value is -3.28. The first kappa shape index (κ1) is 19.5. The van der Waals surface area contributed by atoms with E-state index < -0.39 is 5.63 Å². The normalized spacial score (nSPS) is 10.6. The zero-order chi connectivity index (χ0) is 19.9. The van der Waals surface area contributed by atoms with Gasteiger partial charge >= 0.3 is 11.6 Å². The Kier molecular flexibility index (Phi) is 6.32. The van der Waals surface area contributed by atoms with Crippen LogP contribution in [0.2, 0.25) is 0 Å². The van der Waals surface area contributed by atoms with Gasteiger partial charge in [0.15, 0.2) is 0 Å². The van der Waals surface area contributed by atoms with Crippen molar-refractivity contribution in [3.63, 3.8) is 0 Å². The predicted molar refractivity (Wildman–Crippen MR) is 105 cm³/mol. The summed E-state index contributed by atoms with van der Waals surface area (Å²) >= 11 is 0. The summed E-state index contributed by atoms with van der Waals surface area (Å²) in [5, 5.41) is 0.704. The van der Waals surface area contributed by atoms with Gasteiger partial charge < -0.3 is 18.6 Å². The molecule has 0 bridgehead atoms. The first-order valence-electron chi connectivity index (χ1n) is 9.07. The second-order valence-electron chi connectivity index (χ2n) is 6.15. The van der Waals surface area contributed by atoms with Crippen LogP contribution in [-0.4, -0.2) is 19.7 Å². The van der Waals surface area contributed by atoms with Gasteiger partial charge in [0, 0.05) is 29.5 Å². The first-order chi connectivity index (χ1) is 13.6. The fraction of sp³-hybridized carbons (Fsp3) is 0.273. The molecule has 0 aliphatic rings. The maximum atomic E-state index is 12.2. The Morgan fingerprint density at radius 1 is 1.07 bits per heavy atom. The van der Waals surface area contributed by atoms with Gasteiger partial charge in [0.25, 0.3) is 0 Å². The van der Waals surface area contributed by atoms with E-state index in [2.05, 4.69) is 0 Å². The van der Waals surface area contributed by atoms with Gasteiger partial charge in [-0.3, -0.25) is 4.79 Å². The summed E-state index contributed by atoms with van der Waals surface area (Å²) in [4.78, 5) is 24.0. The molecule has 146 valence electrons. The van der Waals surface area contributed by atoms with Crippen molar-refractivity contribution in [1.29, 1.82) is 0 Å². The molecule has 0 aliphatic heterocycles. The number of aryl methyl sites for hydroxylation is 1. The standard InChI is InChI=1S/C22H22O6/c1-3-26-19-7-5-4-6-15(19)8-11-21(23)27-14-16-12-22(24)28-20-13-17(25-2)9-10-18(16)20/h4-7,9-10,12-13H,3,8,11,14H2,1-2H3. The van der Waals surface area contributed by atoms with E-state index in [1.807, 2.05) is 31.2 Å². The molecule has 0 spiro atoms. The molecule has 0 aliphatic carbocycles. The summed E-state index contributed by atoms with van der Waals surface area (Å²) in [7, 11) is 1.54. The van der Waals surface area contributed by atoms with E-state index in [4.69, 9.17) is 18.6 Å². The maximum Gasteiger partial charge on any atom is 0.336 e. The van der Waals surface area contributed by atoms with E-state index in [-0.39, 0.29) is 19.0 Å². The highest BCUT2D eigenvalue weighted by Gasteiger charge is 2.11. The molecule has 0 unspecified atom stereocenters. The number of carbonyl (C=O) groups is 1. The molecule has 6 nitrogen and oxygen atoms in total. The van der Waals surface area contributed by atoms with Crippen molar-refractivity contribution in [2.24, 2.45) is 0 Å². The van der Waals surface area contributed by atoms with Gasteiger partial charge in [-0.25, -0.2) is 4.79 Å². The minimum atomic E-state index is -0.502. The topological polar surface area (TPSA) is 75.0 Å². The van der Waals surface area contributed by atoms with Crippen LogP contribution in [0.4, 0.5) is 0 Å². The lowest BCUT2D eigenvalue weighted by Crippen LogP contribution is -2.09. The zero-order valence-electron chi connectivity index (χ0n) is 15.9. The van der Waals surface area contributed by atoms with E-state index in [1.54, 1.807) is 18.2 Å². The quantitative estimate of drug-likeness (QED) is 0.435. The monoisotopic (exact) mass is 382 g/mol. The minimum Gasteiger partial charge on any atom is -0.497 e. The largest absolute Gasteiger partial charge is 0.497 e. The van der Waals surface area contributed by atoms with E-state index in [9.17, 15) is 9.59 Å². The predicted octanol–water partition coefficient (Wildman–Crippen LogP) is 3.88. The number of methoxy groups -OCH3 is 1. The Bertz CT molecular complexity index is 1020. The number of ether oxygens (including phenoxy) is 3. The number of fused-ring (bicyclic) bond motifs is 1. The molecule has 0 N–H and O–H groups in total. The van der Waals surface area contributed by atoms with Crippen molar-refractivity contribution < 1.29 is 23.4 Å². The third-order valence-electron chi connectivity index (χ3n) is 4.30. The van der Waals surface area contributed by atoms with Gasteiger partial charge in [-0.2, -0.15) is 0 Å². The molecule has 6 heteroatoms. The average Bonchev–Trinajstić information content (AvgIpc) is 2.71. The number of rotatable bonds is 8. The Morgan fingerprint density at radius 2 is 1.89 bits per heavy atom. The first-order valence-corrected chi connectivity index (χ1v) is 9.07. The molecule has 1 aromatic heterocycles. The molecule has 0 amide bonds. The van der Waals surface area contributed by atoms with E-state index in [0.717, 1.165) is 11.3 Å². The zero-order valence-corrected chi connectivity index (χ0v) is 15.9. The molecule has 0 fully saturated rings. The number of hydrogen-bond donors (Lipinski definition) is 0. The molecule has 28 heavy (non-hydrogen) atoms. The van der Waals surface area contributed by atoms with Crippen molar-refractivity contribution >= 4 is 16.9 Å². The fourth-order valence-electron chi connectivity index (χ4n) is 2.93. The molecule has 2 aromatic carbocycles. The van der Waals surface area contributed by atoms with Gasteiger partial charge in [0.1, 0.15) is 23.7 Å². The van der Waals surface area contributed by atoms with Crippen LogP contribution in [-0.2, 0) is 22.6 Å². The highest BCUT2D eigenvalue weighted by atomic mass is 16.5. The highest BCUT2D eigenvalue weighted by molar-refractivity contribution is 5.81. The maximum absolute atomic E-state index is 12.2. The molecular formula is C22H22O6. The lowest BCUT2D eigenvalue weighted by Gasteiger charge is -2.10. The van der Waals surface area contributed by atoms with Gasteiger partial charge in [-0.1, -0.05) is 18.2 Å². The van der Waals surface area contributed by atoms with Crippen LogP contribution in [0.15, 0.2) is 57.7 Å². The van der Waals surface area contributed by atoms with E-state index in [0.29, 0.717) is 35.3 Å². The Balaban J connectivity index is 1.66.